The van der Waals surface area contributed by atoms with E-state index in [4.69, 9.17) is 0 Å². The van der Waals surface area contributed by atoms with Gasteiger partial charge in [0, 0.05) is 23.4 Å². The number of fused-ring (bicyclic) bond motifs is 2. The number of aromatic nitrogens is 7. The molecule has 0 fully saturated rings. The summed E-state index contributed by atoms with van der Waals surface area (Å²) in [6.45, 7) is 1.69. The van der Waals surface area contributed by atoms with Gasteiger partial charge < -0.3 is 4.98 Å². The maximum atomic E-state index is 14.9. The first kappa shape index (κ1) is 20.9. The first-order valence-corrected chi connectivity index (χ1v) is 10.4. The summed E-state index contributed by atoms with van der Waals surface area (Å²) >= 11 is 0. The Morgan fingerprint density at radius 3 is 2.49 bits per heavy atom. The summed E-state index contributed by atoms with van der Waals surface area (Å²) in [6.07, 6.45) is 3.53. The van der Waals surface area contributed by atoms with E-state index in [0.29, 0.717) is 33.8 Å². The molecule has 172 valence electrons. The molecule has 0 atom stereocenters. The predicted octanol–water partition coefficient (Wildman–Crippen LogP) is 5.29. The number of aryl methyl sites for hydroxylation is 1. The summed E-state index contributed by atoms with van der Waals surface area (Å²) in [7, 11) is 0. The highest BCUT2D eigenvalue weighted by atomic mass is 19.1. The lowest BCUT2D eigenvalue weighted by Gasteiger charge is -2.13. The Morgan fingerprint density at radius 2 is 1.69 bits per heavy atom. The van der Waals surface area contributed by atoms with Crippen molar-refractivity contribution in [3.63, 3.8) is 0 Å². The standard InChI is InChI=1S/C24H13F4N7/c1-11-33-22-14(24-31-10-32-34-24)6-12(13-8-20(28)30-9-17(13)27)7-19(22)35(11)18-4-5-29-23-16(26)3-2-15(25)21(18)23/h2-10H,1H3,(H,31,32,34). The normalized spacial score (nSPS) is 11.6. The molecule has 1 N–H and O–H groups in total. The first-order valence-electron chi connectivity index (χ1n) is 10.4. The van der Waals surface area contributed by atoms with E-state index in [1.165, 1.54) is 18.6 Å². The molecule has 7 nitrogen and oxygen atoms in total. The van der Waals surface area contributed by atoms with Gasteiger partial charge in [-0.3, -0.25) is 9.55 Å². The second-order valence-electron chi connectivity index (χ2n) is 7.79. The average molecular weight is 475 g/mol. The molecule has 0 aliphatic rings. The number of nitrogens with zero attached hydrogens (tertiary/aromatic N) is 6. The molecule has 0 spiro atoms. The van der Waals surface area contributed by atoms with Crippen LogP contribution in [0, 0.1) is 30.3 Å². The molecule has 0 unspecified atom stereocenters. The highest BCUT2D eigenvalue weighted by Crippen LogP contribution is 2.36. The number of benzene rings is 2. The van der Waals surface area contributed by atoms with Gasteiger partial charge in [-0.1, -0.05) is 0 Å². The minimum atomic E-state index is -0.856. The van der Waals surface area contributed by atoms with Crippen molar-refractivity contribution in [2.75, 3.05) is 0 Å². The van der Waals surface area contributed by atoms with Crippen molar-refractivity contribution >= 4 is 21.9 Å². The fraction of sp³-hybridized carbons (Fsp3) is 0.0417. The average Bonchev–Trinajstić information content (AvgIpc) is 3.49. The Hall–Kier alpha value is -4.67. The molecule has 0 saturated heterocycles. The monoisotopic (exact) mass is 475 g/mol. The third-order valence-corrected chi connectivity index (χ3v) is 5.74. The van der Waals surface area contributed by atoms with Crippen molar-refractivity contribution < 1.29 is 17.6 Å². The van der Waals surface area contributed by atoms with Gasteiger partial charge in [0.15, 0.2) is 5.82 Å². The van der Waals surface area contributed by atoms with E-state index in [1.807, 2.05) is 0 Å². The zero-order chi connectivity index (χ0) is 24.3. The van der Waals surface area contributed by atoms with Crippen LogP contribution >= 0.6 is 0 Å². The molecule has 0 saturated carbocycles. The van der Waals surface area contributed by atoms with Crippen molar-refractivity contribution in [1.82, 2.24) is 34.7 Å². The lowest BCUT2D eigenvalue weighted by Crippen LogP contribution is -2.01. The van der Waals surface area contributed by atoms with Crippen LogP contribution in [0.3, 0.4) is 0 Å². The van der Waals surface area contributed by atoms with Gasteiger partial charge >= 0.3 is 0 Å². The Balaban J connectivity index is 1.75. The summed E-state index contributed by atoms with van der Waals surface area (Å²) in [5.41, 5.74) is 1.74. The summed E-state index contributed by atoms with van der Waals surface area (Å²) in [5.74, 6) is -2.16. The molecular weight excluding hydrogens is 462 g/mol. The van der Waals surface area contributed by atoms with Crippen molar-refractivity contribution in [1.29, 1.82) is 0 Å². The zero-order valence-corrected chi connectivity index (χ0v) is 17.9. The third-order valence-electron chi connectivity index (χ3n) is 5.74. The van der Waals surface area contributed by atoms with Gasteiger partial charge in [0.2, 0.25) is 5.95 Å². The first-order chi connectivity index (χ1) is 16.9. The van der Waals surface area contributed by atoms with Crippen LogP contribution in [0.1, 0.15) is 5.82 Å². The molecule has 4 heterocycles. The number of H-pyrrole nitrogens is 1. The van der Waals surface area contributed by atoms with E-state index in [9.17, 15) is 17.6 Å². The van der Waals surface area contributed by atoms with Crippen LogP contribution < -0.4 is 0 Å². The van der Waals surface area contributed by atoms with Crippen LogP contribution in [0.5, 0.6) is 0 Å². The molecule has 35 heavy (non-hydrogen) atoms. The number of hydrogen-bond acceptors (Lipinski definition) is 5. The van der Waals surface area contributed by atoms with Crippen LogP contribution in [-0.2, 0) is 0 Å². The lowest BCUT2D eigenvalue weighted by atomic mass is 10.0. The molecule has 0 aliphatic heterocycles. The van der Waals surface area contributed by atoms with Gasteiger partial charge in [-0.2, -0.15) is 4.39 Å². The Labute approximate surface area is 194 Å². The predicted molar refractivity (Wildman–Crippen MR) is 120 cm³/mol. The molecular formula is C24H13F4N7. The Kier molecular flexibility index (Phi) is 4.59. The number of aromatic amines is 1. The molecule has 4 aromatic heterocycles. The summed E-state index contributed by atoms with van der Waals surface area (Å²) in [5, 5.41) is 7.81. The Morgan fingerprint density at radius 1 is 0.857 bits per heavy atom. The zero-order valence-electron chi connectivity index (χ0n) is 17.9. The smallest absolute Gasteiger partial charge is 0.213 e. The van der Waals surface area contributed by atoms with Crippen molar-refractivity contribution in [2.45, 2.75) is 6.92 Å². The van der Waals surface area contributed by atoms with Crippen LogP contribution in [0.15, 0.2) is 55.1 Å². The van der Waals surface area contributed by atoms with Crippen LogP contribution in [0.25, 0.3) is 50.1 Å². The van der Waals surface area contributed by atoms with Crippen molar-refractivity contribution in [2.24, 2.45) is 0 Å². The number of hydrogen-bond donors (Lipinski definition) is 1. The minimum absolute atomic E-state index is 0.0392. The lowest BCUT2D eigenvalue weighted by molar-refractivity contribution is 0.562. The number of pyridine rings is 2. The third kappa shape index (κ3) is 3.23. The molecule has 6 rings (SSSR count). The quantitative estimate of drug-likeness (QED) is 0.278. The van der Waals surface area contributed by atoms with Crippen molar-refractivity contribution in [3.8, 4) is 28.2 Å². The van der Waals surface area contributed by atoms with E-state index in [2.05, 4.69) is 30.1 Å². The van der Waals surface area contributed by atoms with Gasteiger partial charge in [0.05, 0.1) is 22.8 Å². The molecule has 2 aromatic carbocycles. The maximum Gasteiger partial charge on any atom is 0.213 e. The SMILES string of the molecule is Cc1nc2c(-c3nnc[nH]3)cc(-c3cc(F)ncc3F)cc2n1-c1ccnc2c(F)ccc(F)c12. The minimum Gasteiger partial charge on any atom is -0.327 e. The van der Waals surface area contributed by atoms with Gasteiger partial charge in [0.25, 0.3) is 0 Å². The van der Waals surface area contributed by atoms with Crippen LogP contribution in [0.2, 0.25) is 0 Å². The van der Waals surface area contributed by atoms with E-state index >= 15 is 0 Å². The molecule has 0 amide bonds. The van der Waals surface area contributed by atoms with Crippen molar-refractivity contribution in [3.05, 3.63) is 84.3 Å². The summed E-state index contributed by atoms with van der Waals surface area (Å²) < 4.78 is 59.6. The van der Waals surface area contributed by atoms with Crippen LogP contribution in [0.4, 0.5) is 17.6 Å². The van der Waals surface area contributed by atoms with Crippen LogP contribution in [-0.4, -0.2) is 34.7 Å². The van der Waals surface area contributed by atoms with E-state index in [1.54, 1.807) is 23.6 Å². The van der Waals surface area contributed by atoms with Gasteiger partial charge in [-0.15, -0.1) is 10.2 Å². The fourth-order valence-electron chi connectivity index (χ4n) is 4.27. The van der Waals surface area contributed by atoms with Gasteiger partial charge in [-0.05, 0) is 42.8 Å². The largest absolute Gasteiger partial charge is 0.327 e. The van der Waals surface area contributed by atoms with E-state index < -0.39 is 23.4 Å². The number of rotatable bonds is 3. The second-order valence-corrected chi connectivity index (χ2v) is 7.79. The fourth-order valence-corrected chi connectivity index (χ4v) is 4.27. The summed E-state index contributed by atoms with van der Waals surface area (Å²) in [4.78, 5) is 14.9. The number of imidazole rings is 1. The molecule has 0 bridgehead atoms. The van der Waals surface area contributed by atoms with E-state index in [-0.39, 0.29) is 22.2 Å². The van der Waals surface area contributed by atoms with E-state index in [0.717, 1.165) is 24.4 Å². The second kappa shape index (κ2) is 7.69. The topological polar surface area (TPSA) is 85.2 Å². The molecule has 0 radical (unpaired) electrons. The highest BCUT2D eigenvalue weighted by Gasteiger charge is 2.22. The molecule has 0 aliphatic carbocycles. The number of halogens is 4. The molecule has 11 heteroatoms. The van der Waals surface area contributed by atoms with Gasteiger partial charge in [-0.25, -0.2) is 23.1 Å². The highest BCUT2D eigenvalue weighted by molar-refractivity contribution is 5.98. The summed E-state index contributed by atoms with van der Waals surface area (Å²) in [6, 6.07) is 7.74. The maximum absolute atomic E-state index is 14.9. The molecule has 6 aromatic rings. The number of nitrogens with one attached hydrogen (secondary N) is 1. The Bertz CT molecular complexity index is 1760. The van der Waals surface area contributed by atoms with Gasteiger partial charge in [0.1, 0.15) is 40.6 Å².